The van der Waals surface area contributed by atoms with Gasteiger partial charge in [-0.05, 0) is 17.5 Å². The highest BCUT2D eigenvalue weighted by Gasteiger charge is 2.29. The Hall–Kier alpha value is -3.72. The van der Waals surface area contributed by atoms with Crippen LogP contribution in [0.1, 0.15) is 17.5 Å². The van der Waals surface area contributed by atoms with Crippen molar-refractivity contribution < 1.29 is 24.3 Å². The molecule has 0 spiro atoms. The lowest BCUT2D eigenvalue weighted by atomic mass is 10.0. The van der Waals surface area contributed by atoms with Crippen LogP contribution in [0, 0.1) is 0 Å². The average molecular weight is 426 g/mol. The topological polar surface area (TPSA) is 165 Å². The van der Waals surface area contributed by atoms with E-state index in [4.69, 9.17) is 11.5 Å². The highest BCUT2D eigenvalue weighted by Crippen LogP contribution is 2.07. The van der Waals surface area contributed by atoms with Crippen molar-refractivity contribution in [2.75, 3.05) is 0 Å². The Bertz CT molecular complexity index is 905. The van der Waals surface area contributed by atoms with E-state index in [9.17, 15) is 24.3 Å². The van der Waals surface area contributed by atoms with E-state index in [1.165, 1.54) is 0 Å². The standard InChI is InChI=1S/C22H26N4O5/c23-16(11-14-7-3-1-4-8-14)20(28)25-17(12-15-9-5-2-6-10-15)21(29)26-18(22(30)31)13-19(24)27/h1-10,16-18H,11-13,23H2,(H2,24,27)(H,25,28)(H,26,29)(H,30,31). The minimum atomic E-state index is -1.50. The van der Waals surface area contributed by atoms with E-state index < -0.39 is 48.2 Å². The fraction of sp³-hybridized carbons (Fsp3) is 0.273. The number of hydrogen-bond donors (Lipinski definition) is 5. The first kappa shape index (κ1) is 23.6. The van der Waals surface area contributed by atoms with Crippen LogP contribution in [0.3, 0.4) is 0 Å². The van der Waals surface area contributed by atoms with Crippen molar-refractivity contribution in [3.63, 3.8) is 0 Å². The molecule has 0 aromatic heterocycles. The Kier molecular flexibility index (Phi) is 8.71. The number of hydrogen-bond acceptors (Lipinski definition) is 5. The smallest absolute Gasteiger partial charge is 0.326 e. The van der Waals surface area contributed by atoms with Gasteiger partial charge in [0.25, 0.3) is 0 Å². The summed E-state index contributed by atoms with van der Waals surface area (Å²) >= 11 is 0. The predicted molar refractivity (Wildman–Crippen MR) is 114 cm³/mol. The molecule has 31 heavy (non-hydrogen) atoms. The third-order valence-corrected chi connectivity index (χ3v) is 4.57. The van der Waals surface area contributed by atoms with E-state index in [0.29, 0.717) is 0 Å². The molecule has 7 N–H and O–H groups in total. The molecule has 3 atom stereocenters. The van der Waals surface area contributed by atoms with Crippen molar-refractivity contribution >= 4 is 23.7 Å². The third-order valence-electron chi connectivity index (χ3n) is 4.57. The van der Waals surface area contributed by atoms with E-state index in [1.807, 2.05) is 30.3 Å². The lowest BCUT2D eigenvalue weighted by Crippen LogP contribution is -2.56. The molecule has 0 aliphatic carbocycles. The van der Waals surface area contributed by atoms with Crippen molar-refractivity contribution in [3.05, 3.63) is 71.8 Å². The van der Waals surface area contributed by atoms with Crippen LogP contribution in [0.2, 0.25) is 0 Å². The molecule has 0 aliphatic heterocycles. The molecule has 9 nitrogen and oxygen atoms in total. The maximum Gasteiger partial charge on any atom is 0.326 e. The summed E-state index contributed by atoms with van der Waals surface area (Å²) in [6.07, 6.45) is -0.189. The molecule has 0 radical (unpaired) electrons. The summed E-state index contributed by atoms with van der Waals surface area (Å²) in [7, 11) is 0. The zero-order valence-electron chi connectivity index (χ0n) is 16.9. The quantitative estimate of drug-likeness (QED) is 0.332. The van der Waals surface area contributed by atoms with E-state index in [-0.39, 0.29) is 12.8 Å². The predicted octanol–water partition coefficient (Wildman–Crippen LogP) is -0.271. The maximum atomic E-state index is 12.8. The van der Waals surface area contributed by atoms with Crippen LogP contribution in [-0.4, -0.2) is 46.9 Å². The van der Waals surface area contributed by atoms with Gasteiger partial charge in [0.05, 0.1) is 12.5 Å². The zero-order chi connectivity index (χ0) is 22.8. The molecular weight excluding hydrogens is 400 g/mol. The van der Waals surface area contributed by atoms with E-state index in [0.717, 1.165) is 11.1 Å². The van der Waals surface area contributed by atoms with Gasteiger partial charge in [-0.1, -0.05) is 60.7 Å². The molecule has 2 rings (SSSR count). The molecule has 0 fully saturated rings. The summed E-state index contributed by atoms with van der Waals surface area (Å²) < 4.78 is 0. The highest BCUT2D eigenvalue weighted by molar-refractivity contribution is 5.93. The lowest BCUT2D eigenvalue weighted by molar-refractivity contribution is -0.143. The van der Waals surface area contributed by atoms with Crippen molar-refractivity contribution in [2.24, 2.45) is 11.5 Å². The van der Waals surface area contributed by atoms with Crippen LogP contribution in [0.4, 0.5) is 0 Å². The van der Waals surface area contributed by atoms with E-state index >= 15 is 0 Å². The Morgan fingerprint density at radius 3 is 1.74 bits per heavy atom. The molecular formula is C22H26N4O5. The Labute approximate surface area is 179 Å². The van der Waals surface area contributed by atoms with Gasteiger partial charge in [0.2, 0.25) is 17.7 Å². The van der Waals surface area contributed by atoms with Crippen LogP contribution in [-0.2, 0) is 32.0 Å². The molecule has 0 saturated heterocycles. The summed E-state index contributed by atoms with van der Waals surface area (Å²) in [4.78, 5) is 47.9. The van der Waals surface area contributed by atoms with Crippen molar-refractivity contribution in [3.8, 4) is 0 Å². The van der Waals surface area contributed by atoms with E-state index in [1.54, 1.807) is 30.3 Å². The second kappa shape index (κ2) is 11.5. The van der Waals surface area contributed by atoms with Crippen LogP contribution in [0.5, 0.6) is 0 Å². The normalized spacial score (nSPS) is 13.5. The maximum absolute atomic E-state index is 12.8. The van der Waals surface area contributed by atoms with Gasteiger partial charge < -0.3 is 27.2 Å². The minimum absolute atomic E-state index is 0.110. The Balaban J connectivity index is 2.13. The number of carboxylic acids is 1. The second-order valence-corrected chi connectivity index (χ2v) is 7.12. The highest BCUT2D eigenvalue weighted by atomic mass is 16.4. The molecule has 0 saturated carbocycles. The van der Waals surface area contributed by atoms with Crippen LogP contribution >= 0.6 is 0 Å². The summed E-state index contributed by atoms with van der Waals surface area (Å²) in [5.41, 5.74) is 12.7. The molecule has 2 aromatic rings. The fourth-order valence-corrected chi connectivity index (χ4v) is 2.97. The molecule has 0 heterocycles. The van der Waals surface area contributed by atoms with Gasteiger partial charge in [-0.15, -0.1) is 0 Å². The number of nitrogens with two attached hydrogens (primary N) is 2. The van der Waals surface area contributed by atoms with Crippen molar-refractivity contribution in [2.45, 2.75) is 37.4 Å². The molecule has 9 heteroatoms. The molecule has 2 aromatic carbocycles. The number of amides is 3. The largest absolute Gasteiger partial charge is 0.480 e. The van der Waals surface area contributed by atoms with Gasteiger partial charge >= 0.3 is 5.97 Å². The minimum Gasteiger partial charge on any atom is -0.480 e. The zero-order valence-corrected chi connectivity index (χ0v) is 16.9. The van der Waals surface area contributed by atoms with Crippen LogP contribution < -0.4 is 22.1 Å². The third kappa shape index (κ3) is 7.90. The number of carbonyl (C=O) groups is 4. The van der Waals surface area contributed by atoms with Gasteiger partial charge in [0.1, 0.15) is 12.1 Å². The first-order valence-corrected chi connectivity index (χ1v) is 9.71. The summed E-state index contributed by atoms with van der Waals surface area (Å²) in [6.45, 7) is 0. The molecule has 164 valence electrons. The monoisotopic (exact) mass is 426 g/mol. The number of primary amides is 1. The van der Waals surface area contributed by atoms with Gasteiger partial charge in [-0.3, -0.25) is 14.4 Å². The van der Waals surface area contributed by atoms with Gasteiger partial charge in [0, 0.05) is 6.42 Å². The number of carboxylic acid groups (broad SMARTS) is 1. The fourth-order valence-electron chi connectivity index (χ4n) is 2.97. The number of carbonyl (C=O) groups excluding carboxylic acids is 3. The van der Waals surface area contributed by atoms with E-state index in [2.05, 4.69) is 10.6 Å². The number of nitrogens with one attached hydrogen (secondary N) is 2. The van der Waals surface area contributed by atoms with Crippen LogP contribution in [0.15, 0.2) is 60.7 Å². The Morgan fingerprint density at radius 2 is 1.26 bits per heavy atom. The molecule has 0 bridgehead atoms. The Morgan fingerprint density at radius 1 is 0.774 bits per heavy atom. The van der Waals surface area contributed by atoms with Gasteiger partial charge in [-0.2, -0.15) is 0 Å². The lowest BCUT2D eigenvalue weighted by Gasteiger charge is -2.23. The molecule has 3 unspecified atom stereocenters. The first-order chi connectivity index (χ1) is 14.8. The number of aliphatic carboxylic acids is 1. The van der Waals surface area contributed by atoms with Crippen molar-refractivity contribution in [1.29, 1.82) is 0 Å². The van der Waals surface area contributed by atoms with Gasteiger partial charge in [0.15, 0.2) is 0 Å². The SMILES string of the molecule is NC(=O)CC(NC(=O)C(Cc1ccccc1)NC(=O)C(N)Cc1ccccc1)C(=O)O. The molecule has 0 aliphatic rings. The molecule has 3 amide bonds. The van der Waals surface area contributed by atoms with Crippen LogP contribution in [0.25, 0.3) is 0 Å². The first-order valence-electron chi connectivity index (χ1n) is 9.71. The van der Waals surface area contributed by atoms with Crippen molar-refractivity contribution in [1.82, 2.24) is 10.6 Å². The summed E-state index contributed by atoms with van der Waals surface area (Å²) in [5, 5.41) is 14.1. The second-order valence-electron chi connectivity index (χ2n) is 7.12. The number of benzene rings is 2. The summed E-state index contributed by atoms with van der Waals surface area (Å²) in [6, 6.07) is 14.6. The summed E-state index contributed by atoms with van der Waals surface area (Å²) in [5.74, 6) is -3.58. The average Bonchev–Trinajstić information content (AvgIpc) is 2.73. The van der Waals surface area contributed by atoms with Gasteiger partial charge in [-0.25, -0.2) is 4.79 Å². The number of rotatable bonds is 11.